The summed E-state index contributed by atoms with van der Waals surface area (Å²) in [4.78, 5) is 15.3. The lowest BCUT2D eigenvalue weighted by atomic mass is 10.1. The first kappa shape index (κ1) is 17.1. The van der Waals surface area contributed by atoms with Crippen LogP contribution in [0.3, 0.4) is 0 Å². The molecular formula is C21H25N3O. The zero-order valence-electron chi connectivity index (χ0n) is 14.9. The molecular weight excluding hydrogens is 310 g/mol. The standard InChI is InChI=1S/C21H25N3O/c1-15-7-8-19(16(2)13-15)22-12-10-21(25)23-11-9-17-14-24-20-6-4-3-5-18(17)20/h3-8,13-14,22,24H,9-12H2,1-2H3,(H,23,25). The van der Waals surface area contributed by atoms with Crippen LogP contribution >= 0.6 is 0 Å². The van der Waals surface area contributed by atoms with Crippen molar-refractivity contribution < 1.29 is 4.79 Å². The van der Waals surface area contributed by atoms with E-state index < -0.39 is 0 Å². The fourth-order valence-electron chi connectivity index (χ4n) is 3.09. The predicted octanol–water partition coefficient (Wildman–Crippen LogP) is 3.95. The summed E-state index contributed by atoms with van der Waals surface area (Å²) in [6, 6.07) is 14.5. The molecule has 0 fully saturated rings. The van der Waals surface area contributed by atoms with Crippen LogP contribution in [0.25, 0.3) is 10.9 Å². The molecule has 3 rings (SSSR count). The molecule has 3 N–H and O–H groups in total. The van der Waals surface area contributed by atoms with Crippen LogP contribution in [0.15, 0.2) is 48.7 Å². The second-order valence-electron chi connectivity index (χ2n) is 6.45. The molecule has 2 aromatic carbocycles. The third-order valence-electron chi connectivity index (χ3n) is 4.44. The monoisotopic (exact) mass is 335 g/mol. The van der Waals surface area contributed by atoms with Crippen molar-refractivity contribution >= 4 is 22.5 Å². The summed E-state index contributed by atoms with van der Waals surface area (Å²) < 4.78 is 0. The summed E-state index contributed by atoms with van der Waals surface area (Å²) in [5.74, 6) is 0.0807. The summed E-state index contributed by atoms with van der Waals surface area (Å²) in [5.41, 5.74) is 5.93. The van der Waals surface area contributed by atoms with Gasteiger partial charge in [0.25, 0.3) is 0 Å². The number of aromatic nitrogens is 1. The number of amides is 1. The topological polar surface area (TPSA) is 56.9 Å². The van der Waals surface area contributed by atoms with Gasteiger partial charge in [0.15, 0.2) is 0 Å². The van der Waals surface area contributed by atoms with E-state index in [1.807, 2.05) is 18.3 Å². The van der Waals surface area contributed by atoms with Gasteiger partial charge in [0, 0.05) is 42.3 Å². The van der Waals surface area contributed by atoms with E-state index in [0.717, 1.165) is 17.6 Å². The number of anilines is 1. The predicted molar refractivity (Wildman–Crippen MR) is 104 cm³/mol. The maximum Gasteiger partial charge on any atom is 0.221 e. The minimum Gasteiger partial charge on any atom is -0.384 e. The number of aryl methyl sites for hydroxylation is 2. The summed E-state index contributed by atoms with van der Waals surface area (Å²) in [7, 11) is 0. The number of hydrogen-bond acceptors (Lipinski definition) is 2. The fraction of sp³-hybridized carbons (Fsp3) is 0.286. The van der Waals surface area contributed by atoms with Crippen LogP contribution < -0.4 is 10.6 Å². The molecule has 0 bridgehead atoms. The Hall–Kier alpha value is -2.75. The number of H-pyrrole nitrogens is 1. The van der Waals surface area contributed by atoms with E-state index in [4.69, 9.17) is 0 Å². The van der Waals surface area contributed by atoms with Gasteiger partial charge >= 0.3 is 0 Å². The first-order chi connectivity index (χ1) is 12.1. The van der Waals surface area contributed by atoms with E-state index in [-0.39, 0.29) is 5.91 Å². The molecule has 25 heavy (non-hydrogen) atoms. The molecule has 0 spiro atoms. The van der Waals surface area contributed by atoms with Gasteiger partial charge in [-0.15, -0.1) is 0 Å². The third kappa shape index (κ3) is 4.41. The average Bonchev–Trinajstić information content (AvgIpc) is 3.00. The highest BCUT2D eigenvalue weighted by Crippen LogP contribution is 2.18. The van der Waals surface area contributed by atoms with E-state index in [1.54, 1.807) is 0 Å². The zero-order chi connectivity index (χ0) is 17.6. The Balaban J connectivity index is 1.41. The number of aromatic amines is 1. The number of nitrogens with one attached hydrogen (secondary N) is 3. The minimum atomic E-state index is 0.0807. The number of carbonyl (C=O) groups is 1. The van der Waals surface area contributed by atoms with Gasteiger partial charge < -0.3 is 15.6 Å². The Morgan fingerprint density at radius 2 is 1.92 bits per heavy atom. The summed E-state index contributed by atoms with van der Waals surface area (Å²) >= 11 is 0. The molecule has 3 aromatic rings. The van der Waals surface area contributed by atoms with Gasteiger partial charge in [-0.3, -0.25) is 4.79 Å². The second-order valence-corrected chi connectivity index (χ2v) is 6.45. The first-order valence-electron chi connectivity index (χ1n) is 8.76. The van der Waals surface area contributed by atoms with Gasteiger partial charge in [-0.05, 0) is 43.5 Å². The quantitative estimate of drug-likeness (QED) is 0.612. The molecule has 0 aliphatic rings. The first-order valence-corrected chi connectivity index (χ1v) is 8.76. The van der Waals surface area contributed by atoms with Gasteiger partial charge in [0.1, 0.15) is 0 Å². The Kier molecular flexibility index (Phi) is 5.39. The van der Waals surface area contributed by atoms with Gasteiger partial charge in [0.05, 0.1) is 0 Å². The number of benzene rings is 2. The molecule has 0 saturated heterocycles. The van der Waals surface area contributed by atoms with Crippen LogP contribution in [0.2, 0.25) is 0 Å². The van der Waals surface area contributed by atoms with Crippen LogP contribution in [-0.4, -0.2) is 24.0 Å². The van der Waals surface area contributed by atoms with Gasteiger partial charge in [-0.25, -0.2) is 0 Å². The number of para-hydroxylation sites is 1. The van der Waals surface area contributed by atoms with Crippen molar-refractivity contribution in [3.05, 3.63) is 65.4 Å². The number of fused-ring (bicyclic) bond motifs is 1. The maximum absolute atomic E-state index is 12.0. The van der Waals surface area contributed by atoms with E-state index >= 15 is 0 Å². The normalized spacial score (nSPS) is 10.8. The molecule has 1 amide bonds. The Bertz CT molecular complexity index is 866. The summed E-state index contributed by atoms with van der Waals surface area (Å²) in [5, 5.41) is 7.57. The molecule has 1 aromatic heterocycles. The van der Waals surface area contributed by atoms with Crippen molar-refractivity contribution in [1.82, 2.24) is 10.3 Å². The minimum absolute atomic E-state index is 0.0807. The molecule has 4 heteroatoms. The number of hydrogen-bond donors (Lipinski definition) is 3. The van der Waals surface area contributed by atoms with Gasteiger partial charge in [-0.1, -0.05) is 35.9 Å². The molecule has 0 aliphatic heterocycles. The van der Waals surface area contributed by atoms with Crippen LogP contribution in [0, 0.1) is 13.8 Å². The zero-order valence-corrected chi connectivity index (χ0v) is 14.9. The number of rotatable bonds is 7. The van der Waals surface area contributed by atoms with E-state index in [9.17, 15) is 4.79 Å². The smallest absolute Gasteiger partial charge is 0.221 e. The molecule has 0 atom stereocenters. The van der Waals surface area contributed by atoms with Gasteiger partial charge in [-0.2, -0.15) is 0 Å². The highest BCUT2D eigenvalue weighted by molar-refractivity contribution is 5.83. The third-order valence-corrected chi connectivity index (χ3v) is 4.44. The Labute approximate surface area is 148 Å². The molecule has 0 aliphatic carbocycles. The molecule has 130 valence electrons. The van der Waals surface area contributed by atoms with Crippen LogP contribution in [0.4, 0.5) is 5.69 Å². The lowest BCUT2D eigenvalue weighted by molar-refractivity contribution is -0.120. The van der Waals surface area contributed by atoms with E-state index in [2.05, 4.69) is 59.8 Å². The van der Waals surface area contributed by atoms with Crippen LogP contribution in [0.1, 0.15) is 23.1 Å². The van der Waals surface area contributed by atoms with Crippen LogP contribution in [-0.2, 0) is 11.2 Å². The van der Waals surface area contributed by atoms with Crippen molar-refractivity contribution in [1.29, 1.82) is 0 Å². The summed E-state index contributed by atoms with van der Waals surface area (Å²) in [6.45, 7) is 5.46. The lowest BCUT2D eigenvalue weighted by Crippen LogP contribution is -2.27. The van der Waals surface area contributed by atoms with E-state index in [0.29, 0.717) is 19.5 Å². The fourth-order valence-corrected chi connectivity index (χ4v) is 3.09. The summed E-state index contributed by atoms with van der Waals surface area (Å²) in [6.07, 6.45) is 3.33. The van der Waals surface area contributed by atoms with Crippen LogP contribution in [0.5, 0.6) is 0 Å². The van der Waals surface area contributed by atoms with Crippen molar-refractivity contribution in [2.45, 2.75) is 26.7 Å². The molecule has 0 radical (unpaired) electrons. The van der Waals surface area contributed by atoms with Crippen molar-refractivity contribution in [2.75, 3.05) is 18.4 Å². The van der Waals surface area contributed by atoms with Crippen molar-refractivity contribution in [2.24, 2.45) is 0 Å². The highest BCUT2D eigenvalue weighted by Gasteiger charge is 2.05. The molecule has 0 saturated carbocycles. The van der Waals surface area contributed by atoms with Gasteiger partial charge in [0.2, 0.25) is 5.91 Å². The second kappa shape index (κ2) is 7.88. The van der Waals surface area contributed by atoms with E-state index in [1.165, 1.54) is 22.1 Å². The van der Waals surface area contributed by atoms with Crippen molar-refractivity contribution in [3.63, 3.8) is 0 Å². The highest BCUT2D eigenvalue weighted by atomic mass is 16.1. The Morgan fingerprint density at radius 3 is 2.76 bits per heavy atom. The molecule has 0 unspecified atom stereocenters. The molecule has 1 heterocycles. The Morgan fingerprint density at radius 1 is 1.08 bits per heavy atom. The van der Waals surface area contributed by atoms with Crippen molar-refractivity contribution in [3.8, 4) is 0 Å². The maximum atomic E-state index is 12.0. The largest absolute Gasteiger partial charge is 0.384 e. The molecule has 4 nitrogen and oxygen atoms in total. The number of carbonyl (C=O) groups excluding carboxylic acids is 1. The SMILES string of the molecule is Cc1ccc(NCCC(=O)NCCc2c[nH]c3ccccc23)c(C)c1. The average molecular weight is 335 g/mol. The lowest BCUT2D eigenvalue weighted by Gasteiger charge is -2.10.